The number of alkyl halides is 2. The van der Waals surface area contributed by atoms with Gasteiger partial charge < -0.3 is 10.5 Å². The fourth-order valence-electron chi connectivity index (χ4n) is 3.01. The Hall–Kier alpha value is -0.920. The van der Waals surface area contributed by atoms with Gasteiger partial charge in [-0.2, -0.15) is 0 Å². The summed E-state index contributed by atoms with van der Waals surface area (Å²) in [5, 5.41) is 0. The molecule has 1 amide bonds. The molecule has 1 aliphatic carbocycles. The zero-order valence-corrected chi connectivity index (χ0v) is 15.5. The highest BCUT2D eigenvalue weighted by Gasteiger charge is 2.36. The summed E-state index contributed by atoms with van der Waals surface area (Å²) in [5.74, 6) is -2.91. The molecule has 0 aliphatic heterocycles. The summed E-state index contributed by atoms with van der Waals surface area (Å²) in [5.41, 5.74) is 4.71. The Morgan fingerprint density at radius 1 is 1.29 bits per heavy atom. The molecule has 0 spiro atoms. The molecule has 1 saturated carbocycles. The van der Waals surface area contributed by atoms with Crippen LogP contribution in [0.2, 0.25) is 0 Å². The molecule has 142 valence electrons. The lowest BCUT2D eigenvalue weighted by Gasteiger charge is -2.30. The third kappa shape index (κ3) is 7.77. The van der Waals surface area contributed by atoms with Crippen LogP contribution in [0.1, 0.15) is 59.3 Å². The van der Waals surface area contributed by atoms with Crippen molar-refractivity contribution in [2.45, 2.75) is 71.3 Å². The Balaban J connectivity index is 2.46. The van der Waals surface area contributed by atoms with Gasteiger partial charge in [-0.3, -0.25) is 0 Å². The van der Waals surface area contributed by atoms with E-state index in [1.54, 1.807) is 0 Å². The number of sulfone groups is 1. The summed E-state index contributed by atoms with van der Waals surface area (Å²) in [6.45, 7) is 5.66. The summed E-state index contributed by atoms with van der Waals surface area (Å²) in [6.07, 6.45) is -0.547. The first kappa shape index (κ1) is 21.1. The first-order chi connectivity index (χ1) is 10.8. The van der Waals surface area contributed by atoms with E-state index in [2.05, 4.69) is 0 Å². The van der Waals surface area contributed by atoms with Crippen LogP contribution in [0.3, 0.4) is 0 Å². The molecule has 1 rings (SSSR count). The predicted molar refractivity (Wildman–Crippen MR) is 88.7 cm³/mol. The zero-order valence-electron chi connectivity index (χ0n) is 14.7. The van der Waals surface area contributed by atoms with Crippen molar-refractivity contribution in [2.24, 2.45) is 17.1 Å². The number of amides is 1. The van der Waals surface area contributed by atoms with E-state index in [9.17, 15) is 22.0 Å². The van der Waals surface area contributed by atoms with E-state index < -0.39 is 28.0 Å². The molecule has 1 aliphatic rings. The maximum atomic E-state index is 13.1. The Morgan fingerprint density at radius 2 is 1.83 bits per heavy atom. The van der Waals surface area contributed by atoms with Gasteiger partial charge in [-0.1, -0.05) is 20.8 Å². The summed E-state index contributed by atoms with van der Waals surface area (Å²) < 4.78 is 55.7. The van der Waals surface area contributed by atoms with E-state index in [1.165, 1.54) is 0 Å². The number of hydrogen-bond acceptors (Lipinski definition) is 4. The van der Waals surface area contributed by atoms with Gasteiger partial charge in [0, 0.05) is 12.8 Å². The van der Waals surface area contributed by atoms with Crippen LogP contribution in [0.15, 0.2) is 0 Å². The third-order valence-electron chi connectivity index (χ3n) is 4.47. The number of rotatable bonds is 7. The Labute approximate surface area is 143 Å². The van der Waals surface area contributed by atoms with Gasteiger partial charge in [0.25, 0.3) is 0 Å². The molecule has 0 aromatic rings. The van der Waals surface area contributed by atoms with Gasteiger partial charge in [-0.25, -0.2) is 22.0 Å². The Bertz CT molecular complexity index is 519. The minimum atomic E-state index is -3.30. The van der Waals surface area contributed by atoms with E-state index in [-0.39, 0.29) is 48.5 Å². The first-order valence-electron chi connectivity index (χ1n) is 8.35. The van der Waals surface area contributed by atoms with E-state index in [0.29, 0.717) is 12.8 Å². The van der Waals surface area contributed by atoms with Crippen LogP contribution >= 0.6 is 0 Å². The second-order valence-electron chi connectivity index (χ2n) is 7.85. The van der Waals surface area contributed by atoms with Gasteiger partial charge in [0.05, 0.1) is 11.5 Å². The van der Waals surface area contributed by atoms with E-state index in [0.717, 1.165) is 0 Å². The maximum absolute atomic E-state index is 13.1. The van der Waals surface area contributed by atoms with Crippen LogP contribution in [0.4, 0.5) is 13.6 Å². The molecule has 0 aromatic heterocycles. The number of carbonyl (C=O) groups excluding carboxylic acids is 1. The zero-order chi connectivity index (χ0) is 18.6. The van der Waals surface area contributed by atoms with Crippen molar-refractivity contribution in [3.63, 3.8) is 0 Å². The van der Waals surface area contributed by atoms with Crippen molar-refractivity contribution in [2.75, 3.05) is 11.5 Å². The number of halogens is 2. The monoisotopic (exact) mass is 369 g/mol. The molecular weight excluding hydrogens is 340 g/mol. The molecule has 0 aromatic carbocycles. The second-order valence-corrected chi connectivity index (χ2v) is 10.1. The molecule has 5 nitrogen and oxygen atoms in total. The number of primary amides is 1. The fraction of sp³-hybridized carbons (Fsp3) is 0.938. The lowest BCUT2D eigenvalue weighted by Crippen LogP contribution is -2.34. The molecule has 0 saturated heterocycles. The first-order valence-corrected chi connectivity index (χ1v) is 10.2. The molecular formula is C16H29F2NO4S. The molecule has 0 bridgehead atoms. The van der Waals surface area contributed by atoms with Crippen molar-refractivity contribution in [1.82, 2.24) is 0 Å². The van der Waals surface area contributed by atoms with Crippen LogP contribution in [0.5, 0.6) is 0 Å². The van der Waals surface area contributed by atoms with Gasteiger partial charge in [-0.05, 0) is 37.0 Å². The summed E-state index contributed by atoms with van der Waals surface area (Å²) in [6, 6.07) is 0. The number of ether oxygens (including phenoxy) is 1. The predicted octanol–water partition coefficient (Wildman–Crippen LogP) is 3.52. The largest absolute Gasteiger partial charge is 0.446 e. The van der Waals surface area contributed by atoms with Crippen molar-refractivity contribution in [3.8, 4) is 0 Å². The van der Waals surface area contributed by atoms with Crippen LogP contribution < -0.4 is 5.73 Å². The minimum absolute atomic E-state index is 0.0331. The second kappa shape index (κ2) is 7.97. The fourth-order valence-corrected chi connectivity index (χ4v) is 4.83. The summed E-state index contributed by atoms with van der Waals surface area (Å²) >= 11 is 0. The molecule has 1 unspecified atom stereocenters. The quantitative estimate of drug-likeness (QED) is 0.744. The number of carbonyl (C=O) groups is 1. The van der Waals surface area contributed by atoms with Crippen LogP contribution in [0.25, 0.3) is 0 Å². The van der Waals surface area contributed by atoms with Gasteiger partial charge in [0.1, 0.15) is 6.10 Å². The summed E-state index contributed by atoms with van der Waals surface area (Å²) in [7, 11) is -3.30. The lowest BCUT2D eigenvalue weighted by atomic mass is 9.86. The standard InChI is InChI=1S/C16H29F2NO4S/c1-15(2,3)13(23-14(19)20)5-4-10-24(21,22)11-12-6-8-16(17,18)9-7-12/h12-13H,4-11H2,1-3H3,(H2,19,20). The third-order valence-corrected chi connectivity index (χ3v) is 6.36. The van der Waals surface area contributed by atoms with Gasteiger partial charge >= 0.3 is 6.09 Å². The molecule has 1 atom stereocenters. The van der Waals surface area contributed by atoms with Gasteiger partial charge in [-0.15, -0.1) is 0 Å². The van der Waals surface area contributed by atoms with E-state index in [4.69, 9.17) is 10.5 Å². The van der Waals surface area contributed by atoms with Gasteiger partial charge in [0.2, 0.25) is 5.92 Å². The molecule has 1 fully saturated rings. The Kier molecular flexibility index (Phi) is 7.02. The van der Waals surface area contributed by atoms with Gasteiger partial charge in [0.15, 0.2) is 9.84 Å². The smallest absolute Gasteiger partial charge is 0.404 e. The van der Waals surface area contributed by atoms with E-state index >= 15 is 0 Å². The molecule has 0 radical (unpaired) electrons. The maximum Gasteiger partial charge on any atom is 0.404 e. The normalized spacial score (nSPS) is 20.5. The molecule has 0 heterocycles. The number of hydrogen-bond donors (Lipinski definition) is 1. The minimum Gasteiger partial charge on any atom is -0.446 e. The molecule has 2 N–H and O–H groups in total. The highest BCUT2D eigenvalue weighted by Crippen LogP contribution is 2.36. The van der Waals surface area contributed by atoms with E-state index in [1.807, 2.05) is 20.8 Å². The summed E-state index contributed by atoms with van der Waals surface area (Å²) in [4.78, 5) is 11.0. The lowest BCUT2D eigenvalue weighted by molar-refractivity contribution is -0.0435. The topological polar surface area (TPSA) is 86.5 Å². The van der Waals surface area contributed by atoms with Crippen LogP contribution in [-0.4, -0.2) is 38.0 Å². The molecule has 24 heavy (non-hydrogen) atoms. The average molecular weight is 369 g/mol. The van der Waals surface area contributed by atoms with Crippen molar-refractivity contribution in [1.29, 1.82) is 0 Å². The van der Waals surface area contributed by atoms with Crippen LogP contribution in [-0.2, 0) is 14.6 Å². The average Bonchev–Trinajstić information content (AvgIpc) is 2.38. The Morgan fingerprint density at radius 3 is 2.29 bits per heavy atom. The number of nitrogens with two attached hydrogens (primary N) is 1. The van der Waals surface area contributed by atoms with Crippen molar-refractivity contribution >= 4 is 15.9 Å². The SMILES string of the molecule is CC(C)(C)C(CCCS(=O)(=O)CC1CCC(F)(F)CC1)OC(N)=O. The van der Waals surface area contributed by atoms with Crippen molar-refractivity contribution < 1.29 is 26.7 Å². The molecule has 8 heteroatoms. The highest BCUT2D eigenvalue weighted by molar-refractivity contribution is 7.91. The van der Waals surface area contributed by atoms with Crippen LogP contribution in [0, 0.1) is 11.3 Å². The van der Waals surface area contributed by atoms with Crippen molar-refractivity contribution in [3.05, 3.63) is 0 Å². The highest BCUT2D eigenvalue weighted by atomic mass is 32.2.